The monoisotopic (exact) mass is 202 g/mol. The van der Waals surface area contributed by atoms with E-state index in [4.69, 9.17) is 15.9 Å². The van der Waals surface area contributed by atoms with Gasteiger partial charge in [-0.05, 0) is 6.42 Å². The third-order valence-corrected chi connectivity index (χ3v) is 1.49. The van der Waals surface area contributed by atoms with Crippen molar-refractivity contribution >= 4 is 11.9 Å². The number of amides is 1. The molecule has 6 heteroatoms. The maximum absolute atomic E-state index is 11.0. The Morgan fingerprint density at radius 2 is 2.00 bits per heavy atom. The highest BCUT2D eigenvalue weighted by molar-refractivity contribution is 5.78. The fourth-order valence-corrected chi connectivity index (χ4v) is 0.699. The SMILES string of the molecule is C=C(O)CNC(=O)CC[C@H](N)C(=O)O. The van der Waals surface area contributed by atoms with Crippen LogP contribution in [-0.2, 0) is 9.59 Å². The zero-order valence-corrected chi connectivity index (χ0v) is 7.69. The number of rotatable bonds is 6. The first-order valence-corrected chi connectivity index (χ1v) is 4.05. The van der Waals surface area contributed by atoms with Gasteiger partial charge in [0.1, 0.15) is 11.8 Å². The molecule has 14 heavy (non-hydrogen) atoms. The number of aliphatic hydroxyl groups is 1. The average molecular weight is 202 g/mol. The van der Waals surface area contributed by atoms with Crippen LogP contribution in [0, 0.1) is 0 Å². The Balaban J connectivity index is 3.64. The third-order valence-electron chi connectivity index (χ3n) is 1.49. The second-order valence-corrected chi connectivity index (χ2v) is 2.83. The van der Waals surface area contributed by atoms with Gasteiger partial charge in [0.2, 0.25) is 5.91 Å². The lowest BCUT2D eigenvalue weighted by atomic mass is 10.1. The average Bonchev–Trinajstić information content (AvgIpc) is 2.10. The van der Waals surface area contributed by atoms with Gasteiger partial charge in [-0.1, -0.05) is 6.58 Å². The second kappa shape index (κ2) is 5.98. The van der Waals surface area contributed by atoms with E-state index >= 15 is 0 Å². The molecule has 0 saturated heterocycles. The van der Waals surface area contributed by atoms with Gasteiger partial charge in [0.15, 0.2) is 0 Å². The van der Waals surface area contributed by atoms with Crippen molar-refractivity contribution in [1.82, 2.24) is 5.32 Å². The highest BCUT2D eigenvalue weighted by Gasteiger charge is 2.12. The molecule has 0 unspecified atom stereocenters. The molecular weight excluding hydrogens is 188 g/mol. The zero-order valence-electron chi connectivity index (χ0n) is 7.69. The van der Waals surface area contributed by atoms with Gasteiger partial charge in [-0.2, -0.15) is 0 Å². The number of carboxylic acids is 1. The minimum Gasteiger partial charge on any atom is -0.511 e. The normalized spacial score (nSPS) is 11.8. The van der Waals surface area contributed by atoms with Crippen LogP contribution in [0.2, 0.25) is 0 Å². The van der Waals surface area contributed by atoms with Crippen molar-refractivity contribution < 1.29 is 19.8 Å². The van der Waals surface area contributed by atoms with Crippen LogP contribution in [0.25, 0.3) is 0 Å². The molecule has 0 aromatic heterocycles. The number of aliphatic carboxylic acids is 1. The Hall–Kier alpha value is -1.56. The molecule has 0 aliphatic rings. The number of carboxylic acid groups (broad SMARTS) is 1. The van der Waals surface area contributed by atoms with Gasteiger partial charge in [0, 0.05) is 6.42 Å². The maximum Gasteiger partial charge on any atom is 0.320 e. The quantitative estimate of drug-likeness (QED) is 0.428. The van der Waals surface area contributed by atoms with Crippen LogP contribution >= 0.6 is 0 Å². The molecule has 0 aromatic carbocycles. The van der Waals surface area contributed by atoms with Gasteiger partial charge in [-0.15, -0.1) is 0 Å². The maximum atomic E-state index is 11.0. The number of carbonyl (C=O) groups is 2. The molecule has 6 nitrogen and oxygen atoms in total. The molecule has 5 N–H and O–H groups in total. The first-order chi connectivity index (χ1) is 6.43. The van der Waals surface area contributed by atoms with Gasteiger partial charge >= 0.3 is 5.97 Å². The first-order valence-electron chi connectivity index (χ1n) is 4.05. The van der Waals surface area contributed by atoms with Crippen LogP contribution in [0.5, 0.6) is 0 Å². The lowest BCUT2D eigenvalue weighted by molar-refractivity contribution is -0.138. The summed E-state index contributed by atoms with van der Waals surface area (Å²) in [5, 5.41) is 19.4. The molecular formula is C8H14N2O4. The second-order valence-electron chi connectivity index (χ2n) is 2.83. The van der Waals surface area contributed by atoms with Crippen LogP contribution in [-0.4, -0.2) is 34.7 Å². The predicted molar refractivity (Wildman–Crippen MR) is 49.6 cm³/mol. The largest absolute Gasteiger partial charge is 0.511 e. The number of hydrogen-bond donors (Lipinski definition) is 4. The lowest BCUT2D eigenvalue weighted by Crippen LogP contribution is -2.33. The van der Waals surface area contributed by atoms with Gasteiger partial charge < -0.3 is 21.3 Å². The van der Waals surface area contributed by atoms with E-state index < -0.39 is 12.0 Å². The molecule has 1 amide bonds. The number of nitrogens with one attached hydrogen (secondary N) is 1. The van der Waals surface area contributed by atoms with Crippen molar-refractivity contribution in [1.29, 1.82) is 0 Å². The number of hydrogen-bond acceptors (Lipinski definition) is 4. The van der Waals surface area contributed by atoms with Crippen molar-refractivity contribution in [2.45, 2.75) is 18.9 Å². The van der Waals surface area contributed by atoms with Crippen LogP contribution in [0.1, 0.15) is 12.8 Å². The molecule has 0 aromatic rings. The predicted octanol–water partition coefficient (Wildman–Crippen LogP) is -0.634. The summed E-state index contributed by atoms with van der Waals surface area (Å²) in [6.07, 6.45) is 0.0832. The van der Waals surface area contributed by atoms with E-state index in [0.717, 1.165) is 0 Å². The smallest absolute Gasteiger partial charge is 0.320 e. The topological polar surface area (TPSA) is 113 Å². The number of aliphatic hydroxyl groups excluding tert-OH is 1. The van der Waals surface area contributed by atoms with Crippen molar-refractivity contribution in [3.8, 4) is 0 Å². The summed E-state index contributed by atoms with van der Waals surface area (Å²) < 4.78 is 0. The summed E-state index contributed by atoms with van der Waals surface area (Å²) in [5.74, 6) is -1.65. The van der Waals surface area contributed by atoms with E-state index in [2.05, 4.69) is 11.9 Å². The summed E-state index contributed by atoms with van der Waals surface area (Å²) in [5.41, 5.74) is 5.17. The Labute approximate surface area is 81.4 Å². The van der Waals surface area contributed by atoms with Gasteiger partial charge in [0.25, 0.3) is 0 Å². The molecule has 0 saturated carbocycles. The van der Waals surface area contributed by atoms with Gasteiger partial charge in [-0.3, -0.25) is 9.59 Å². The summed E-state index contributed by atoms with van der Waals surface area (Å²) in [6.45, 7) is 3.15. The minimum atomic E-state index is -1.13. The van der Waals surface area contributed by atoms with E-state index in [-0.39, 0.29) is 31.1 Å². The third kappa shape index (κ3) is 6.01. The molecule has 0 fully saturated rings. The lowest BCUT2D eigenvalue weighted by Gasteiger charge is -2.06. The van der Waals surface area contributed by atoms with E-state index in [0.29, 0.717) is 0 Å². The number of carbonyl (C=O) groups excluding carboxylic acids is 1. The van der Waals surface area contributed by atoms with E-state index in [1.807, 2.05) is 0 Å². The zero-order chi connectivity index (χ0) is 11.1. The van der Waals surface area contributed by atoms with Crippen LogP contribution < -0.4 is 11.1 Å². The molecule has 0 aliphatic carbocycles. The fourth-order valence-electron chi connectivity index (χ4n) is 0.699. The molecule has 0 aliphatic heterocycles. The minimum absolute atomic E-state index is 0.0146. The summed E-state index contributed by atoms with van der Waals surface area (Å²) >= 11 is 0. The molecule has 0 rings (SSSR count). The molecule has 1 atom stereocenters. The van der Waals surface area contributed by atoms with Gasteiger partial charge in [0.05, 0.1) is 6.54 Å². The standard InChI is InChI=1S/C8H14N2O4/c1-5(11)4-10-7(12)3-2-6(9)8(13)14/h6,11H,1-4,9H2,(H,10,12)(H,13,14)/t6-/m0/s1. The molecule has 0 heterocycles. The molecule has 0 bridgehead atoms. The van der Waals surface area contributed by atoms with Crippen molar-refractivity contribution in [3.05, 3.63) is 12.3 Å². The van der Waals surface area contributed by atoms with Crippen LogP contribution in [0.15, 0.2) is 12.3 Å². The first kappa shape index (κ1) is 12.4. The molecule has 80 valence electrons. The van der Waals surface area contributed by atoms with Crippen molar-refractivity contribution in [2.24, 2.45) is 5.73 Å². The molecule has 0 spiro atoms. The summed E-state index contributed by atoms with van der Waals surface area (Å²) in [6, 6.07) is -1.03. The van der Waals surface area contributed by atoms with E-state index in [1.165, 1.54) is 0 Å². The van der Waals surface area contributed by atoms with E-state index in [1.54, 1.807) is 0 Å². The van der Waals surface area contributed by atoms with E-state index in [9.17, 15) is 9.59 Å². The van der Waals surface area contributed by atoms with Crippen molar-refractivity contribution in [3.63, 3.8) is 0 Å². The Kier molecular flexibility index (Phi) is 5.31. The summed E-state index contributed by atoms with van der Waals surface area (Å²) in [7, 11) is 0. The number of nitrogens with two attached hydrogens (primary N) is 1. The Morgan fingerprint density at radius 1 is 1.43 bits per heavy atom. The Morgan fingerprint density at radius 3 is 2.43 bits per heavy atom. The highest BCUT2D eigenvalue weighted by atomic mass is 16.4. The van der Waals surface area contributed by atoms with Crippen LogP contribution in [0.4, 0.5) is 0 Å². The fraction of sp³-hybridized carbons (Fsp3) is 0.500. The van der Waals surface area contributed by atoms with Crippen LogP contribution in [0.3, 0.4) is 0 Å². The van der Waals surface area contributed by atoms with Gasteiger partial charge in [-0.25, -0.2) is 0 Å². The van der Waals surface area contributed by atoms with Crippen molar-refractivity contribution in [2.75, 3.05) is 6.54 Å². The summed E-state index contributed by atoms with van der Waals surface area (Å²) in [4.78, 5) is 21.2. The highest BCUT2D eigenvalue weighted by Crippen LogP contribution is 1.94. The molecule has 0 radical (unpaired) electrons. The Bertz CT molecular complexity index is 239.